The van der Waals surface area contributed by atoms with E-state index in [9.17, 15) is 9.59 Å². The van der Waals surface area contributed by atoms with Crippen LogP contribution in [0.2, 0.25) is 0 Å². The second-order valence-electron chi connectivity index (χ2n) is 7.18. The van der Waals surface area contributed by atoms with Crippen molar-refractivity contribution in [3.8, 4) is 17.2 Å². The first-order valence-electron chi connectivity index (χ1n) is 9.96. The highest BCUT2D eigenvalue weighted by molar-refractivity contribution is 6.05. The van der Waals surface area contributed by atoms with Gasteiger partial charge in [0, 0.05) is 13.1 Å². The number of ether oxygens (including phenoxy) is 3. The van der Waals surface area contributed by atoms with E-state index in [4.69, 9.17) is 14.2 Å². The van der Waals surface area contributed by atoms with Gasteiger partial charge in [-0.05, 0) is 43.3 Å². The predicted molar refractivity (Wildman–Crippen MR) is 113 cm³/mol. The average Bonchev–Trinajstić information content (AvgIpc) is 3.06. The number of likely N-dealkylation sites (N-methyl/N-ethyl adjacent to an activating group) is 1. The predicted octanol–water partition coefficient (Wildman–Crippen LogP) is 2.38. The van der Waals surface area contributed by atoms with E-state index in [1.54, 1.807) is 14.2 Å². The third-order valence-electron chi connectivity index (χ3n) is 5.28. The van der Waals surface area contributed by atoms with Crippen molar-refractivity contribution in [3.05, 3.63) is 54.1 Å². The summed E-state index contributed by atoms with van der Waals surface area (Å²) >= 11 is 0. The van der Waals surface area contributed by atoms with E-state index in [0.29, 0.717) is 37.6 Å². The molecule has 7 heteroatoms. The van der Waals surface area contributed by atoms with Crippen LogP contribution in [0.5, 0.6) is 17.2 Å². The van der Waals surface area contributed by atoms with E-state index in [1.165, 1.54) is 4.90 Å². The summed E-state index contributed by atoms with van der Waals surface area (Å²) in [7, 11) is 5.01. The zero-order chi connectivity index (χ0) is 21.5. The minimum Gasteiger partial charge on any atom is -0.493 e. The van der Waals surface area contributed by atoms with Gasteiger partial charge in [0.2, 0.25) is 11.8 Å². The van der Waals surface area contributed by atoms with Crippen LogP contribution in [0.15, 0.2) is 48.5 Å². The Balaban J connectivity index is 1.52. The normalized spacial score (nSPS) is 16.3. The third-order valence-corrected chi connectivity index (χ3v) is 5.28. The number of benzene rings is 2. The molecule has 1 fully saturated rings. The number of carbonyl (C=O) groups excluding carboxylic acids is 2. The van der Waals surface area contributed by atoms with E-state index in [2.05, 4.69) is 0 Å². The molecule has 1 unspecified atom stereocenters. The van der Waals surface area contributed by atoms with Gasteiger partial charge in [0.25, 0.3) is 0 Å². The van der Waals surface area contributed by atoms with Crippen LogP contribution in [-0.2, 0) is 16.0 Å². The number of hydrogen-bond donors (Lipinski definition) is 0. The van der Waals surface area contributed by atoms with E-state index < -0.39 is 6.04 Å². The van der Waals surface area contributed by atoms with Gasteiger partial charge in [0.1, 0.15) is 12.4 Å². The maximum Gasteiger partial charge on any atom is 0.247 e. The van der Waals surface area contributed by atoms with E-state index in [0.717, 1.165) is 11.3 Å². The van der Waals surface area contributed by atoms with Gasteiger partial charge in [-0.1, -0.05) is 24.3 Å². The minimum atomic E-state index is -0.442. The summed E-state index contributed by atoms with van der Waals surface area (Å²) in [5.74, 6) is 1.78. The highest BCUT2D eigenvalue weighted by Gasteiger charge is 2.40. The number of imide groups is 1. The maximum atomic E-state index is 12.8. The molecule has 0 spiro atoms. The maximum absolute atomic E-state index is 12.8. The molecule has 30 heavy (non-hydrogen) atoms. The summed E-state index contributed by atoms with van der Waals surface area (Å²) in [6.07, 6.45) is 0.762. The zero-order valence-electron chi connectivity index (χ0n) is 17.7. The van der Waals surface area contributed by atoms with Crippen molar-refractivity contribution in [3.63, 3.8) is 0 Å². The molecule has 1 aliphatic heterocycles. The van der Waals surface area contributed by atoms with Crippen LogP contribution in [-0.4, -0.2) is 68.6 Å². The Morgan fingerprint density at radius 1 is 1.03 bits per heavy atom. The molecule has 1 saturated heterocycles. The summed E-state index contributed by atoms with van der Waals surface area (Å²) in [6.45, 7) is 1.35. The molecule has 0 saturated carbocycles. The molecule has 0 aliphatic carbocycles. The van der Waals surface area contributed by atoms with Crippen molar-refractivity contribution in [1.82, 2.24) is 9.80 Å². The van der Waals surface area contributed by atoms with Crippen molar-refractivity contribution in [2.45, 2.75) is 18.9 Å². The molecule has 0 N–H and O–H groups in total. The van der Waals surface area contributed by atoms with Crippen molar-refractivity contribution in [2.75, 3.05) is 41.0 Å². The summed E-state index contributed by atoms with van der Waals surface area (Å²) in [5.41, 5.74) is 0.973. The first-order chi connectivity index (χ1) is 14.5. The molecule has 2 aromatic rings. The van der Waals surface area contributed by atoms with Gasteiger partial charge in [0.05, 0.1) is 26.7 Å². The largest absolute Gasteiger partial charge is 0.493 e. The molecule has 1 aliphatic rings. The van der Waals surface area contributed by atoms with Crippen LogP contribution in [0.3, 0.4) is 0 Å². The third kappa shape index (κ3) is 5.10. The van der Waals surface area contributed by atoms with Gasteiger partial charge < -0.3 is 14.2 Å². The number of methoxy groups -OCH3 is 2. The number of rotatable bonds is 10. The van der Waals surface area contributed by atoms with Gasteiger partial charge in [-0.25, -0.2) is 0 Å². The molecule has 1 heterocycles. The smallest absolute Gasteiger partial charge is 0.247 e. The SMILES string of the molecule is COc1ccc(CCN2C(=O)CC(N(C)CCOc3ccccc3)C2=O)cc1OC. The van der Waals surface area contributed by atoms with Crippen LogP contribution in [0, 0.1) is 0 Å². The number of amides is 2. The first kappa shape index (κ1) is 21.6. The van der Waals surface area contributed by atoms with Crippen molar-refractivity contribution >= 4 is 11.8 Å². The lowest BCUT2D eigenvalue weighted by molar-refractivity contribution is -0.139. The lowest BCUT2D eigenvalue weighted by Gasteiger charge is -2.23. The Kier molecular flexibility index (Phi) is 7.30. The fraction of sp³-hybridized carbons (Fsp3) is 0.391. The molecule has 2 aromatic carbocycles. The lowest BCUT2D eigenvalue weighted by atomic mass is 10.1. The Bertz CT molecular complexity index is 871. The topological polar surface area (TPSA) is 68.3 Å². The highest BCUT2D eigenvalue weighted by Crippen LogP contribution is 2.28. The zero-order valence-corrected chi connectivity index (χ0v) is 17.7. The Labute approximate surface area is 177 Å². The Hall–Kier alpha value is -3.06. The molecular weight excluding hydrogens is 384 g/mol. The summed E-state index contributed by atoms with van der Waals surface area (Å²) in [6, 6.07) is 14.7. The minimum absolute atomic E-state index is 0.138. The van der Waals surface area contributed by atoms with Crippen LogP contribution in [0.25, 0.3) is 0 Å². The summed E-state index contributed by atoms with van der Waals surface area (Å²) in [4.78, 5) is 28.5. The number of para-hydroxylation sites is 1. The van der Waals surface area contributed by atoms with Gasteiger partial charge in [-0.2, -0.15) is 0 Å². The van der Waals surface area contributed by atoms with Gasteiger partial charge in [-0.3, -0.25) is 19.4 Å². The molecule has 0 aromatic heterocycles. The number of carbonyl (C=O) groups is 2. The van der Waals surface area contributed by atoms with E-state index in [1.807, 2.05) is 60.5 Å². The second kappa shape index (κ2) is 10.1. The number of hydrogen-bond acceptors (Lipinski definition) is 6. The monoisotopic (exact) mass is 412 g/mol. The second-order valence-corrected chi connectivity index (χ2v) is 7.18. The van der Waals surface area contributed by atoms with Crippen LogP contribution in [0.4, 0.5) is 0 Å². The fourth-order valence-electron chi connectivity index (χ4n) is 3.50. The Morgan fingerprint density at radius 3 is 2.47 bits per heavy atom. The molecule has 0 bridgehead atoms. The van der Waals surface area contributed by atoms with Crippen molar-refractivity contribution in [2.24, 2.45) is 0 Å². The lowest BCUT2D eigenvalue weighted by Crippen LogP contribution is -2.42. The average molecular weight is 412 g/mol. The van der Waals surface area contributed by atoms with Crippen LogP contribution < -0.4 is 14.2 Å². The van der Waals surface area contributed by atoms with Gasteiger partial charge >= 0.3 is 0 Å². The molecule has 1 atom stereocenters. The molecule has 2 amide bonds. The van der Waals surface area contributed by atoms with Crippen LogP contribution in [0.1, 0.15) is 12.0 Å². The molecular formula is C23H28N2O5. The standard InChI is InChI=1S/C23H28N2O5/c1-24(13-14-30-18-7-5-4-6-8-18)19-16-22(26)25(23(19)27)12-11-17-9-10-20(28-2)21(15-17)29-3/h4-10,15,19H,11-14,16H2,1-3H3. The van der Waals surface area contributed by atoms with Crippen molar-refractivity contribution < 1.29 is 23.8 Å². The quantitative estimate of drug-likeness (QED) is 0.558. The number of likely N-dealkylation sites (tertiary alicyclic amines) is 1. The molecule has 160 valence electrons. The highest BCUT2D eigenvalue weighted by atomic mass is 16.5. The van der Waals surface area contributed by atoms with E-state index in [-0.39, 0.29) is 18.2 Å². The van der Waals surface area contributed by atoms with Crippen LogP contribution >= 0.6 is 0 Å². The first-order valence-corrected chi connectivity index (χ1v) is 9.96. The fourth-order valence-corrected chi connectivity index (χ4v) is 3.50. The molecule has 0 radical (unpaired) electrons. The molecule has 3 rings (SSSR count). The van der Waals surface area contributed by atoms with Crippen molar-refractivity contribution in [1.29, 1.82) is 0 Å². The Morgan fingerprint density at radius 2 is 1.77 bits per heavy atom. The summed E-state index contributed by atoms with van der Waals surface area (Å²) < 4.78 is 16.3. The van der Waals surface area contributed by atoms with E-state index >= 15 is 0 Å². The summed E-state index contributed by atoms with van der Waals surface area (Å²) in [5, 5.41) is 0. The number of nitrogens with zero attached hydrogens (tertiary/aromatic N) is 2. The van der Waals surface area contributed by atoms with Gasteiger partial charge in [0.15, 0.2) is 11.5 Å². The van der Waals surface area contributed by atoms with Gasteiger partial charge in [-0.15, -0.1) is 0 Å². The molecule has 7 nitrogen and oxygen atoms in total.